The molecule has 1 atom stereocenters. The molecule has 4 rings (SSSR count). The summed E-state index contributed by atoms with van der Waals surface area (Å²) in [7, 11) is 0. The number of halogens is 1. The van der Waals surface area contributed by atoms with Gasteiger partial charge in [-0.2, -0.15) is 0 Å². The van der Waals surface area contributed by atoms with Crippen molar-refractivity contribution in [1.82, 2.24) is 4.98 Å². The SMILES string of the molecule is O=C1C(=O)N(c2ccccc2)C(c2ccccn2)/C1=C(/O)c1cccc(Cl)c1. The molecular weight excluding hydrogens is 376 g/mol. The number of hydrogen-bond acceptors (Lipinski definition) is 4. The molecule has 1 amide bonds. The number of carbonyl (C=O) groups is 2. The highest BCUT2D eigenvalue weighted by molar-refractivity contribution is 6.51. The number of pyridine rings is 1. The monoisotopic (exact) mass is 390 g/mol. The van der Waals surface area contributed by atoms with Gasteiger partial charge in [0.15, 0.2) is 0 Å². The Kier molecular flexibility index (Phi) is 4.67. The standard InChI is InChI=1S/C22H15ClN2O3/c23-15-8-6-7-14(13-15)20(26)18-19(17-11-4-5-12-24-17)25(22(28)21(18)27)16-9-2-1-3-10-16/h1-13,19,26H/b20-18-. The zero-order chi connectivity index (χ0) is 19.7. The summed E-state index contributed by atoms with van der Waals surface area (Å²) >= 11 is 6.03. The number of aliphatic hydroxyl groups excluding tert-OH is 1. The number of aliphatic hydroxyl groups is 1. The fraction of sp³-hybridized carbons (Fsp3) is 0.0455. The first kappa shape index (κ1) is 17.9. The van der Waals surface area contributed by atoms with Crippen molar-refractivity contribution < 1.29 is 14.7 Å². The summed E-state index contributed by atoms with van der Waals surface area (Å²) in [4.78, 5) is 31.5. The summed E-state index contributed by atoms with van der Waals surface area (Å²) in [6.07, 6.45) is 1.58. The van der Waals surface area contributed by atoms with Crippen LogP contribution in [0.5, 0.6) is 0 Å². The van der Waals surface area contributed by atoms with Crippen molar-refractivity contribution in [2.75, 3.05) is 4.90 Å². The summed E-state index contributed by atoms with van der Waals surface area (Å²) in [6, 6.07) is 19.7. The zero-order valence-corrected chi connectivity index (χ0v) is 15.4. The molecule has 1 unspecified atom stereocenters. The van der Waals surface area contributed by atoms with Gasteiger partial charge in [0.1, 0.15) is 11.8 Å². The van der Waals surface area contributed by atoms with E-state index in [-0.39, 0.29) is 11.3 Å². The van der Waals surface area contributed by atoms with Gasteiger partial charge in [-0.25, -0.2) is 0 Å². The largest absolute Gasteiger partial charge is 0.507 e. The molecule has 1 aliphatic rings. The van der Waals surface area contributed by atoms with Gasteiger partial charge in [0.2, 0.25) is 0 Å². The van der Waals surface area contributed by atoms with Crippen LogP contribution < -0.4 is 4.90 Å². The van der Waals surface area contributed by atoms with Gasteiger partial charge in [-0.3, -0.25) is 19.5 Å². The second-order valence-electron chi connectivity index (χ2n) is 6.27. The number of Topliss-reactive ketones (excluding diaryl/α,β-unsaturated/α-hetero) is 1. The number of ketones is 1. The molecule has 0 saturated carbocycles. The third-order valence-electron chi connectivity index (χ3n) is 4.54. The molecule has 0 bridgehead atoms. The van der Waals surface area contributed by atoms with Crippen LogP contribution in [0.3, 0.4) is 0 Å². The minimum Gasteiger partial charge on any atom is -0.507 e. The maximum Gasteiger partial charge on any atom is 0.300 e. The van der Waals surface area contributed by atoms with Crippen molar-refractivity contribution in [3.8, 4) is 0 Å². The highest BCUT2D eigenvalue weighted by atomic mass is 35.5. The first-order chi connectivity index (χ1) is 13.6. The zero-order valence-electron chi connectivity index (χ0n) is 14.6. The molecule has 6 heteroatoms. The van der Waals surface area contributed by atoms with Gasteiger partial charge >= 0.3 is 0 Å². The molecule has 28 heavy (non-hydrogen) atoms. The second-order valence-corrected chi connectivity index (χ2v) is 6.71. The third kappa shape index (κ3) is 3.06. The fourth-order valence-electron chi connectivity index (χ4n) is 3.30. The minimum atomic E-state index is -0.845. The summed E-state index contributed by atoms with van der Waals surface area (Å²) in [5.74, 6) is -1.77. The van der Waals surface area contributed by atoms with Crippen molar-refractivity contribution in [3.05, 3.63) is 101 Å². The van der Waals surface area contributed by atoms with Gasteiger partial charge in [0, 0.05) is 22.5 Å². The smallest absolute Gasteiger partial charge is 0.300 e. The van der Waals surface area contributed by atoms with Crippen LogP contribution >= 0.6 is 11.6 Å². The van der Waals surface area contributed by atoms with E-state index in [0.717, 1.165) is 0 Å². The van der Waals surface area contributed by atoms with E-state index in [9.17, 15) is 14.7 Å². The van der Waals surface area contributed by atoms with E-state index in [1.54, 1.807) is 72.9 Å². The van der Waals surface area contributed by atoms with Crippen LogP contribution in [0.15, 0.2) is 84.6 Å². The number of rotatable bonds is 3. The average Bonchev–Trinajstić information content (AvgIpc) is 2.99. The summed E-state index contributed by atoms with van der Waals surface area (Å²) in [5, 5.41) is 11.3. The summed E-state index contributed by atoms with van der Waals surface area (Å²) in [5.41, 5.74) is 1.37. The molecule has 0 radical (unpaired) electrons. The van der Waals surface area contributed by atoms with Crippen LogP contribution in [-0.2, 0) is 9.59 Å². The van der Waals surface area contributed by atoms with E-state index >= 15 is 0 Å². The lowest BCUT2D eigenvalue weighted by Gasteiger charge is -2.24. The maximum absolute atomic E-state index is 12.9. The van der Waals surface area contributed by atoms with Crippen molar-refractivity contribution in [2.45, 2.75) is 6.04 Å². The highest BCUT2D eigenvalue weighted by Crippen LogP contribution is 2.41. The lowest BCUT2D eigenvalue weighted by Crippen LogP contribution is -2.29. The molecule has 1 N–H and O–H groups in total. The molecular formula is C22H15ClN2O3. The fourth-order valence-corrected chi connectivity index (χ4v) is 3.49. The van der Waals surface area contributed by atoms with Crippen molar-refractivity contribution in [1.29, 1.82) is 0 Å². The Morgan fingerprint density at radius 1 is 0.964 bits per heavy atom. The molecule has 1 saturated heterocycles. The third-order valence-corrected chi connectivity index (χ3v) is 4.78. The Morgan fingerprint density at radius 3 is 2.39 bits per heavy atom. The van der Waals surface area contributed by atoms with Gasteiger partial charge in [-0.15, -0.1) is 0 Å². The predicted octanol–water partition coefficient (Wildman–Crippen LogP) is 4.36. The van der Waals surface area contributed by atoms with E-state index in [0.29, 0.717) is 22.0 Å². The van der Waals surface area contributed by atoms with Crippen LogP contribution in [0.4, 0.5) is 5.69 Å². The van der Waals surface area contributed by atoms with Crippen molar-refractivity contribution in [2.24, 2.45) is 0 Å². The molecule has 2 aromatic carbocycles. The number of nitrogens with zero attached hydrogens (tertiary/aromatic N) is 2. The van der Waals surface area contributed by atoms with Gasteiger partial charge in [0.25, 0.3) is 11.7 Å². The van der Waals surface area contributed by atoms with Crippen LogP contribution in [0.1, 0.15) is 17.3 Å². The first-order valence-electron chi connectivity index (χ1n) is 8.61. The molecule has 3 aromatic rings. The first-order valence-corrected chi connectivity index (χ1v) is 8.98. The number of hydrogen-bond donors (Lipinski definition) is 1. The van der Waals surface area contributed by atoms with E-state index in [2.05, 4.69) is 4.98 Å². The van der Waals surface area contributed by atoms with Crippen LogP contribution in [-0.4, -0.2) is 21.8 Å². The Balaban J connectivity index is 1.95. The number of anilines is 1. The molecule has 0 spiro atoms. The van der Waals surface area contributed by atoms with Gasteiger partial charge < -0.3 is 5.11 Å². The molecule has 138 valence electrons. The van der Waals surface area contributed by atoms with Crippen LogP contribution in [0, 0.1) is 0 Å². The van der Waals surface area contributed by atoms with Gasteiger partial charge in [0.05, 0.1) is 11.3 Å². The van der Waals surface area contributed by atoms with Crippen molar-refractivity contribution >= 4 is 34.7 Å². The topological polar surface area (TPSA) is 70.5 Å². The van der Waals surface area contributed by atoms with Crippen LogP contribution in [0.25, 0.3) is 5.76 Å². The molecule has 1 aromatic heterocycles. The molecule has 0 aliphatic carbocycles. The van der Waals surface area contributed by atoms with Crippen molar-refractivity contribution in [3.63, 3.8) is 0 Å². The molecule has 5 nitrogen and oxygen atoms in total. The normalized spacial score (nSPS) is 18.5. The highest BCUT2D eigenvalue weighted by Gasteiger charge is 2.47. The number of carbonyl (C=O) groups excluding carboxylic acids is 2. The van der Waals surface area contributed by atoms with E-state index in [4.69, 9.17) is 11.6 Å². The second kappa shape index (κ2) is 7.29. The Hall–Kier alpha value is -3.44. The van der Waals surface area contributed by atoms with E-state index < -0.39 is 17.7 Å². The molecule has 2 heterocycles. The van der Waals surface area contributed by atoms with Crippen LogP contribution in [0.2, 0.25) is 5.02 Å². The number of para-hydroxylation sites is 1. The average molecular weight is 391 g/mol. The lowest BCUT2D eigenvalue weighted by molar-refractivity contribution is -0.132. The quantitative estimate of drug-likeness (QED) is 0.410. The minimum absolute atomic E-state index is 0.0187. The predicted molar refractivity (Wildman–Crippen MR) is 107 cm³/mol. The van der Waals surface area contributed by atoms with E-state index in [1.807, 2.05) is 6.07 Å². The molecule has 1 aliphatic heterocycles. The summed E-state index contributed by atoms with van der Waals surface area (Å²) < 4.78 is 0. The molecule has 1 fully saturated rings. The number of aromatic nitrogens is 1. The van der Waals surface area contributed by atoms with Gasteiger partial charge in [-0.1, -0.05) is 48.0 Å². The Bertz CT molecular complexity index is 1080. The Labute approximate surface area is 166 Å². The number of benzene rings is 2. The maximum atomic E-state index is 12.9. The summed E-state index contributed by atoms with van der Waals surface area (Å²) in [6.45, 7) is 0. The Morgan fingerprint density at radius 2 is 1.71 bits per heavy atom. The lowest BCUT2D eigenvalue weighted by atomic mass is 9.98. The van der Waals surface area contributed by atoms with E-state index in [1.165, 1.54) is 4.90 Å². The number of amides is 1. The van der Waals surface area contributed by atoms with Gasteiger partial charge in [-0.05, 0) is 36.4 Å².